The lowest BCUT2D eigenvalue weighted by molar-refractivity contribution is 0.633. The fourth-order valence-corrected chi connectivity index (χ4v) is 3.43. The molecule has 1 aliphatic rings. The molecule has 0 aliphatic carbocycles. The Labute approximate surface area is 115 Å². The molecule has 0 radical (unpaired) electrons. The van der Waals surface area contributed by atoms with Crippen LogP contribution >= 0.6 is 27.7 Å². The van der Waals surface area contributed by atoms with E-state index in [4.69, 9.17) is 0 Å². The van der Waals surface area contributed by atoms with Gasteiger partial charge in [0.15, 0.2) is 0 Å². The van der Waals surface area contributed by atoms with Crippen molar-refractivity contribution in [1.29, 1.82) is 0 Å². The maximum absolute atomic E-state index is 4.39. The monoisotopic (exact) mass is 316 g/mol. The second-order valence-corrected chi connectivity index (χ2v) is 6.93. The number of anilines is 2. The molecule has 1 fully saturated rings. The largest absolute Gasteiger partial charge is 0.368 e. The second-order valence-electron chi connectivity index (χ2n) is 4.40. The fourth-order valence-electron chi connectivity index (χ4n) is 1.86. The van der Waals surface area contributed by atoms with Crippen molar-refractivity contribution in [1.82, 2.24) is 9.97 Å². The van der Waals surface area contributed by atoms with E-state index in [0.29, 0.717) is 10.7 Å². The van der Waals surface area contributed by atoms with Crippen molar-refractivity contribution in [3.63, 3.8) is 0 Å². The Kier molecular flexibility index (Phi) is 4.14. The Morgan fingerprint density at radius 3 is 3.06 bits per heavy atom. The summed E-state index contributed by atoms with van der Waals surface area (Å²) in [6.07, 6.45) is 4.35. The summed E-state index contributed by atoms with van der Waals surface area (Å²) in [6, 6.07) is 0. The Balaban J connectivity index is 2.02. The molecule has 6 heteroatoms. The predicted molar refractivity (Wildman–Crippen MR) is 77.9 cm³/mol. The first-order chi connectivity index (χ1) is 8.13. The summed E-state index contributed by atoms with van der Waals surface area (Å²) < 4.78 is 1.24. The lowest BCUT2D eigenvalue weighted by Crippen LogP contribution is -2.27. The molecule has 4 nitrogen and oxygen atoms in total. The number of thioether (sulfide) groups is 1. The van der Waals surface area contributed by atoms with Gasteiger partial charge in [0.2, 0.25) is 5.95 Å². The van der Waals surface area contributed by atoms with Crippen molar-refractivity contribution in [2.45, 2.75) is 24.5 Å². The van der Waals surface area contributed by atoms with Crippen molar-refractivity contribution in [3.05, 3.63) is 10.7 Å². The van der Waals surface area contributed by atoms with Crippen LogP contribution in [0.15, 0.2) is 10.7 Å². The lowest BCUT2D eigenvalue weighted by atomic mass is 10.1. The molecular weight excluding hydrogens is 300 g/mol. The highest BCUT2D eigenvalue weighted by molar-refractivity contribution is 9.10. The van der Waals surface area contributed by atoms with Gasteiger partial charge < -0.3 is 10.6 Å². The molecule has 0 saturated carbocycles. The van der Waals surface area contributed by atoms with Crippen LogP contribution in [0, 0.1) is 0 Å². The summed E-state index contributed by atoms with van der Waals surface area (Å²) in [7, 11) is 1.82. The van der Waals surface area contributed by atoms with Gasteiger partial charge in [0.25, 0.3) is 0 Å². The maximum Gasteiger partial charge on any atom is 0.224 e. The number of hydrogen-bond acceptors (Lipinski definition) is 5. The van der Waals surface area contributed by atoms with Crippen LogP contribution in [0.1, 0.15) is 19.8 Å². The Morgan fingerprint density at radius 2 is 2.41 bits per heavy atom. The average Bonchev–Trinajstić information content (AvgIpc) is 2.76. The molecule has 0 amide bonds. The van der Waals surface area contributed by atoms with E-state index in [1.165, 1.54) is 18.6 Å². The van der Waals surface area contributed by atoms with Gasteiger partial charge in [0, 0.05) is 24.5 Å². The summed E-state index contributed by atoms with van der Waals surface area (Å²) in [5.74, 6) is 2.77. The quantitative estimate of drug-likeness (QED) is 0.894. The van der Waals surface area contributed by atoms with Gasteiger partial charge in [0.1, 0.15) is 5.82 Å². The summed E-state index contributed by atoms with van der Waals surface area (Å²) in [6.45, 7) is 3.25. The third-order valence-electron chi connectivity index (χ3n) is 2.90. The molecule has 2 N–H and O–H groups in total. The van der Waals surface area contributed by atoms with Crippen molar-refractivity contribution in [3.8, 4) is 0 Å². The third kappa shape index (κ3) is 3.25. The average molecular weight is 317 g/mol. The van der Waals surface area contributed by atoms with Crippen LogP contribution in [0.4, 0.5) is 11.8 Å². The number of rotatable bonds is 4. The Morgan fingerprint density at radius 1 is 1.59 bits per heavy atom. The summed E-state index contributed by atoms with van der Waals surface area (Å²) in [5.41, 5.74) is 0. The van der Waals surface area contributed by atoms with Crippen molar-refractivity contribution < 1.29 is 0 Å². The fraction of sp³-hybridized carbons (Fsp3) is 0.636. The highest BCUT2D eigenvalue weighted by Gasteiger charge is 2.29. The first-order valence-electron chi connectivity index (χ1n) is 5.71. The molecule has 2 heterocycles. The van der Waals surface area contributed by atoms with Gasteiger partial charge in [-0.25, -0.2) is 4.98 Å². The van der Waals surface area contributed by atoms with Crippen LogP contribution in [0.3, 0.4) is 0 Å². The van der Waals surface area contributed by atoms with Crippen LogP contribution in [-0.2, 0) is 0 Å². The number of nitrogens with one attached hydrogen (secondary N) is 2. The summed E-state index contributed by atoms with van der Waals surface area (Å²) in [5, 5.41) is 6.36. The maximum atomic E-state index is 4.39. The van der Waals surface area contributed by atoms with E-state index >= 15 is 0 Å². The zero-order valence-electron chi connectivity index (χ0n) is 10.1. The van der Waals surface area contributed by atoms with Gasteiger partial charge in [-0.15, -0.1) is 0 Å². The van der Waals surface area contributed by atoms with Crippen molar-refractivity contribution >= 4 is 39.5 Å². The van der Waals surface area contributed by atoms with E-state index in [-0.39, 0.29) is 0 Å². The minimum absolute atomic E-state index is 0.337. The molecule has 17 heavy (non-hydrogen) atoms. The van der Waals surface area contributed by atoms with E-state index in [9.17, 15) is 0 Å². The highest BCUT2D eigenvalue weighted by Crippen LogP contribution is 2.37. The molecule has 2 rings (SSSR count). The van der Waals surface area contributed by atoms with E-state index in [1.54, 1.807) is 6.20 Å². The first-order valence-corrected chi connectivity index (χ1v) is 7.49. The zero-order valence-corrected chi connectivity index (χ0v) is 12.5. The molecule has 1 atom stereocenters. The Hall–Kier alpha value is -0.490. The minimum Gasteiger partial charge on any atom is -0.368 e. The smallest absolute Gasteiger partial charge is 0.224 e. The number of nitrogens with zero attached hydrogens (tertiary/aromatic N) is 2. The van der Waals surface area contributed by atoms with Gasteiger partial charge in [-0.1, -0.05) is 0 Å². The molecule has 1 unspecified atom stereocenters. The topological polar surface area (TPSA) is 49.8 Å². The summed E-state index contributed by atoms with van der Waals surface area (Å²) >= 11 is 5.51. The normalized spacial score (nSPS) is 23.7. The number of aromatic nitrogens is 2. The van der Waals surface area contributed by atoms with E-state index in [2.05, 4.69) is 43.5 Å². The highest BCUT2D eigenvalue weighted by atomic mass is 79.9. The van der Waals surface area contributed by atoms with Gasteiger partial charge in [0.05, 0.1) is 4.47 Å². The van der Waals surface area contributed by atoms with Crippen LogP contribution in [0.2, 0.25) is 0 Å². The van der Waals surface area contributed by atoms with Crippen LogP contribution in [-0.4, -0.2) is 34.1 Å². The van der Waals surface area contributed by atoms with Crippen molar-refractivity contribution in [2.75, 3.05) is 30.0 Å². The van der Waals surface area contributed by atoms with E-state index in [0.717, 1.165) is 16.8 Å². The molecule has 1 aromatic heterocycles. The number of halogens is 1. The molecule has 0 spiro atoms. The zero-order chi connectivity index (χ0) is 12.3. The first kappa shape index (κ1) is 13.0. The molecule has 94 valence electrons. The molecule has 1 aromatic rings. The summed E-state index contributed by atoms with van der Waals surface area (Å²) in [4.78, 5) is 8.53. The van der Waals surface area contributed by atoms with E-state index in [1.807, 2.05) is 18.8 Å². The van der Waals surface area contributed by atoms with Crippen molar-refractivity contribution in [2.24, 2.45) is 0 Å². The van der Waals surface area contributed by atoms with Crippen LogP contribution < -0.4 is 10.6 Å². The number of hydrogen-bond donors (Lipinski definition) is 2. The van der Waals surface area contributed by atoms with E-state index < -0.39 is 0 Å². The lowest BCUT2D eigenvalue weighted by Gasteiger charge is -2.23. The third-order valence-corrected chi connectivity index (χ3v) is 5.02. The molecule has 1 saturated heterocycles. The predicted octanol–water partition coefficient (Wildman–Crippen LogP) is 2.98. The Bertz CT molecular complexity index is 393. The van der Waals surface area contributed by atoms with Crippen LogP contribution in [0.5, 0.6) is 0 Å². The van der Waals surface area contributed by atoms with Gasteiger partial charge in [-0.2, -0.15) is 16.7 Å². The standard InChI is InChI=1S/C11H17BrN4S/c1-11(4-3-5-17-11)7-15-9-8(12)6-14-10(13-2)16-9/h6H,3-5,7H2,1-2H3,(H2,13,14,15,16). The van der Waals surface area contributed by atoms with Gasteiger partial charge in [-0.05, 0) is 41.4 Å². The minimum atomic E-state index is 0.337. The van der Waals surface area contributed by atoms with Gasteiger partial charge >= 0.3 is 0 Å². The molecule has 1 aliphatic heterocycles. The van der Waals surface area contributed by atoms with Gasteiger partial charge in [-0.3, -0.25) is 0 Å². The van der Waals surface area contributed by atoms with Crippen LogP contribution in [0.25, 0.3) is 0 Å². The molecular formula is C11H17BrN4S. The second kappa shape index (κ2) is 5.44. The molecule has 0 aromatic carbocycles. The molecule has 0 bridgehead atoms. The SMILES string of the molecule is CNc1ncc(Br)c(NCC2(C)CCCS2)n1.